The molecule has 1 aliphatic heterocycles. The average molecular weight is 242 g/mol. The van der Waals surface area contributed by atoms with Gasteiger partial charge in [0.2, 0.25) is 0 Å². The summed E-state index contributed by atoms with van der Waals surface area (Å²) in [6.45, 7) is 1.12. The second-order valence-corrected chi connectivity index (χ2v) is 4.04. The van der Waals surface area contributed by atoms with Crippen molar-refractivity contribution in [1.82, 2.24) is 5.32 Å². The fourth-order valence-corrected chi connectivity index (χ4v) is 1.99. The van der Waals surface area contributed by atoms with E-state index in [2.05, 4.69) is 27.3 Å². The number of hydrogen-bond donors (Lipinski definition) is 1. The second-order valence-electron chi connectivity index (χ2n) is 3.18. The number of benzene rings is 1. The number of rotatable bonds is 2. The topological polar surface area (TPSA) is 21.3 Å². The molecule has 70 valence electrons. The highest BCUT2D eigenvalue weighted by atomic mass is 79.9. The Morgan fingerprint density at radius 1 is 1.54 bits per heavy atom. The molecule has 0 unspecified atom stereocenters. The molecule has 0 amide bonds. The van der Waals surface area contributed by atoms with E-state index in [9.17, 15) is 0 Å². The van der Waals surface area contributed by atoms with E-state index in [4.69, 9.17) is 4.74 Å². The van der Waals surface area contributed by atoms with Crippen LogP contribution in [0.15, 0.2) is 22.7 Å². The molecule has 1 fully saturated rings. The van der Waals surface area contributed by atoms with Crippen LogP contribution < -0.4 is 10.1 Å². The third-order valence-corrected chi connectivity index (χ3v) is 3.12. The van der Waals surface area contributed by atoms with Crippen molar-refractivity contribution in [2.45, 2.75) is 12.5 Å². The number of ether oxygens (including phenoxy) is 1. The standard InChI is InChI=1S/C10H12BrNO/c1-13-7-2-3-9(11)8(6-7)10-4-5-12-10/h2-3,6,10,12H,4-5H2,1H3/t10-/m1/s1. The van der Waals surface area contributed by atoms with Crippen LogP contribution in [-0.2, 0) is 0 Å². The van der Waals surface area contributed by atoms with E-state index in [-0.39, 0.29) is 0 Å². The highest BCUT2D eigenvalue weighted by molar-refractivity contribution is 9.10. The molecule has 13 heavy (non-hydrogen) atoms. The predicted octanol–water partition coefficient (Wildman–Crippen LogP) is 2.49. The molecule has 2 rings (SSSR count). The summed E-state index contributed by atoms with van der Waals surface area (Å²) in [5.74, 6) is 0.923. The molecule has 0 spiro atoms. The summed E-state index contributed by atoms with van der Waals surface area (Å²) in [6.07, 6.45) is 1.21. The van der Waals surface area contributed by atoms with Gasteiger partial charge in [-0.15, -0.1) is 0 Å². The molecule has 1 heterocycles. The first-order chi connectivity index (χ1) is 6.31. The van der Waals surface area contributed by atoms with Crippen LogP contribution in [0.1, 0.15) is 18.0 Å². The van der Waals surface area contributed by atoms with Gasteiger partial charge < -0.3 is 10.1 Å². The Morgan fingerprint density at radius 3 is 2.85 bits per heavy atom. The smallest absolute Gasteiger partial charge is 0.119 e. The van der Waals surface area contributed by atoms with Crippen LogP contribution in [-0.4, -0.2) is 13.7 Å². The first-order valence-corrected chi connectivity index (χ1v) is 5.17. The van der Waals surface area contributed by atoms with E-state index in [1.165, 1.54) is 12.0 Å². The molecule has 1 N–H and O–H groups in total. The molecule has 1 aliphatic rings. The second kappa shape index (κ2) is 3.68. The molecule has 1 atom stereocenters. The van der Waals surface area contributed by atoms with Gasteiger partial charge in [-0.25, -0.2) is 0 Å². The van der Waals surface area contributed by atoms with E-state index in [0.29, 0.717) is 6.04 Å². The maximum absolute atomic E-state index is 5.18. The lowest BCUT2D eigenvalue weighted by molar-refractivity contribution is 0.376. The van der Waals surface area contributed by atoms with Crippen LogP contribution in [0.3, 0.4) is 0 Å². The SMILES string of the molecule is COc1ccc(Br)c([C@H]2CCN2)c1. The van der Waals surface area contributed by atoms with Crippen molar-refractivity contribution >= 4 is 15.9 Å². The quantitative estimate of drug-likeness (QED) is 0.860. The zero-order chi connectivity index (χ0) is 9.26. The van der Waals surface area contributed by atoms with Crippen molar-refractivity contribution in [2.24, 2.45) is 0 Å². The molecule has 0 bridgehead atoms. The molecule has 0 radical (unpaired) electrons. The minimum Gasteiger partial charge on any atom is -0.497 e. The Bertz CT molecular complexity index is 310. The number of methoxy groups -OCH3 is 1. The monoisotopic (exact) mass is 241 g/mol. The van der Waals surface area contributed by atoms with Gasteiger partial charge in [-0.05, 0) is 36.7 Å². The summed E-state index contributed by atoms with van der Waals surface area (Å²) in [4.78, 5) is 0. The summed E-state index contributed by atoms with van der Waals surface area (Å²) in [7, 11) is 1.70. The van der Waals surface area contributed by atoms with Crippen molar-refractivity contribution in [3.63, 3.8) is 0 Å². The van der Waals surface area contributed by atoms with Gasteiger partial charge in [0.05, 0.1) is 7.11 Å². The van der Waals surface area contributed by atoms with Crippen molar-refractivity contribution in [1.29, 1.82) is 0 Å². The normalized spacial score (nSPS) is 20.9. The Balaban J connectivity index is 2.30. The number of nitrogens with one attached hydrogen (secondary N) is 1. The highest BCUT2D eigenvalue weighted by Gasteiger charge is 2.20. The average Bonchev–Trinajstić information content (AvgIpc) is 2.06. The van der Waals surface area contributed by atoms with Crippen molar-refractivity contribution in [3.8, 4) is 5.75 Å². The zero-order valence-electron chi connectivity index (χ0n) is 7.51. The van der Waals surface area contributed by atoms with Gasteiger partial charge in [-0.3, -0.25) is 0 Å². The Kier molecular flexibility index (Phi) is 2.56. The minimum atomic E-state index is 0.504. The third kappa shape index (κ3) is 1.71. The largest absolute Gasteiger partial charge is 0.497 e. The first-order valence-electron chi connectivity index (χ1n) is 4.38. The van der Waals surface area contributed by atoms with E-state index < -0.39 is 0 Å². The van der Waals surface area contributed by atoms with Gasteiger partial charge in [0.15, 0.2) is 0 Å². The number of hydrogen-bond acceptors (Lipinski definition) is 2. The molecule has 3 heteroatoms. The molecule has 1 aromatic rings. The van der Waals surface area contributed by atoms with Crippen LogP contribution in [0.4, 0.5) is 0 Å². The molecular formula is C10H12BrNO. The van der Waals surface area contributed by atoms with Crippen LogP contribution >= 0.6 is 15.9 Å². The summed E-state index contributed by atoms with van der Waals surface area (Å²) >= 11 is 3.54. The van der Waals surface area contributed by atoms with Crippen LogP contribution in [0.2, 0.25) is 0 Å². The van der Waals surface area contributed by atoms with Crippen molar-refractivity contribution in [2.75, 3.05) is 13.7 Å². The fourth-order valence-electron chi connectivity index (χ4n) is 1.47. The third-order valence-electron chi connectivity index (χ3n) is 2.40. The van der Waals surface area contributed by atoms with Crippen LogP contribution in [0.5, 0.6) is 5.75 Å². The summed E-state index contributed by atoms with van der Waals surface area (Å²) in [6, 6.07) is 6.59. The maximum atomic E-state index is 5.18. The lowest BCUT2D eigenvalue weighted by Crippen LogP contribution is -2.35. The van der Waals surface area contributed by atoms with Gasteiger partial charge in [0.1, 0.15) is 5.75 Å². The highest BCUT2D eigenvalue weighted by Crippen LogP contribution is 2.32. The van der Waals surface area contributed by atoms with Gasteiger partial charge in [0.25, 0.3) is 0 Å². The fraction of sp³-hybridized carbons (Fsp3) is 0.400. The van der Waals surface area contributed by atoms with Gasteiger partial charge in [0, 0.05) is 10.5 Å². The van der Waals surface area contributed by atoms with E-state index in [1.807, 2.05) is 12.1 Å². The lowest BCUT2D eigenvalue weighted by atomic mass is 9.98. The molecular weight excluding hydrogens is 230 g/mol. The predicted molar refractivity (Wildman–Crippen MR) is 56.1 cm³/mol. The Hall–Kier alpha value is -0.540. The Labute approximate surface area is 86.4 Å². The van der Waals surface area contributed by atoms with Crippen LogP contribution in [0.25, 0.3) is 0 Å². The number of halogens is 1. The van der Waals surface area contributed by atoms with E-state index in [0.717, 1.165) is 16.8 Å². The van der Waals surface area contributed by atoms with E-state index >= 15 is 0 Å². The van der Waals surface area contributed by atoms with Gasteiger partial charge in [-0.2, -0.15) is 0 Å². The first kappa shape index (κ1) is 9.03. The summed E-state index contributed by atoms with van der Waals surface area (Å²) in [5, 5.41) is 3.37. The van der Waals surface area contributed by atoms with Crippen molar-refractivity contribution < 1.29 is 4.74 Å². The maximum Gasteiger partial charge on any atom is 0.119 e. The molecule has 1 aromatic carbocycles. The van der Waals surface area contributed by atoms with Crippen LogP contribution in [0, 0.1) is 0 Å². The molecule has 0 saturated carbocycles. The van der Waals surface area contributed by atoms with Gasteiger partial charge in [-0.1, -0.05) is 15.9 Å². The summed E-state index contributed by atoms with van der Waals surface area (Å²) < 4.78 is 6.34. The lowest BCUT2D eigenvalue weighted by Gasteiger charge is -2.29. The van der Waals surface area contributed by atoms with Gasteiger partial charge >= 0.3 is 0 Å². The Morgan fingerprint density at radius 2 is 2.31 bits per heavy atom. The molecule has 0 aliphatic carbocycles. The summed E-state index contributed by atoms with van der Waals surface area (Å²) in [5.41, 5.74) is 1.30. The minimum absolute atomic E-state index is 0.504. The molecule has 0 aromatic heterocycles. The zero-order valence-corrected chi connectivity index (χ0v) is 9.10. The van der Waals surface area contributed by atoms with E-state index in [1.54, 1.807) is 7.11 Å². The molecule has 1 saturated heterocycles. The van der Waals surface area contributed by atoms with Crippen molar-refractivity contribution in [3.05, 3.63) is 28.2 Å². The molecule has 2 nitrogen and oxygen atoms in total.